The zero-order valence-corrected chi connectivity index (χ0v) is 18.2. The Balaban J connectivity index is 2.14. The Kier molecular flexibility index (Phi) is 8.40. The minimum absolute atomic E-state index is 0.00393. The molecule has 0 spiro atoms. The largest absolute Gasteiger partial charge is 0.464 e. The molecule has 0 radical (unpaired) electrons. The van der Waals surface area contributed by atoms with E-state index in [9.17, 15) is 14.4 Å². The van der Waals surface area contributed by atoms with Crippen molar-refractivity contribution in [2.24, 2.45) is 5.92 Å². The number of H-pyrrole nitrogens is 1. The summed E-state index contributed by atoms with van der Waals surface area (Å²) < 4.78 is 10.1. The minimum atomic E-state index is -0.510. The Morgan fingerprint density at radius 2 is 1.86 bits per heavy atom. The molecule has 1 aliphatic heterocycles. The third-order valence-electron chi connectivity index (χ3n) is 5.17. The summed E-state index contributed by atoms with van der Waals surface area (Å²) in [6, 6.07) is 0. The lowest BCUT2D eigenvalue weighted by molar-refractivity contribution is -0.131. The summed E-state index contributed by atoms with van der Waals surface area (Å²) in [6.07, 6.45) is 0.398. The summed E-state index contributed by atoms with van der Waals surface area (Å²) in [7, 11) is 1.30. The number of amides is 1. The van der Waals surface area contributed by atoms with Gasteiger partial charge in [0.05, 0.1) is 26.9 Å². The van der Waals surface area contributed by atoms with E-state index in [4.69, 9.17) is 9.47 Å². The van der Waals surface area contributed by atoms with Crippen LogP contribution in [0.25, 0.3) is 0 Å². The molecule has 1 aromatic heterocycles. The van der Waals surface area contributed by atoms with Crippen molar-refractivity contribution in [1.82, 2.24) is 14.8 Å². The second-order valence-corrected chi connectivity index (χ2v) is 7.91. The van der Waals surface area contributed by atoms with Gasteiger partial charge >= 0.3 is 5.97 Å². The van der Waals surface area contributed by atoms with Crippen molar-refractivity contribution in [3.63, 3.8) is 0 Å². The maximum absolute atomic E-state index is 13.1. The van der Waals surface area contributed by atoms with Crippen molar-refractivity contribution in [3.8, 4) is 0 Å². The van der Waals surface area contributed by atoms with Crippen molar-refractivity contribution in [3.05, 3.63) is 22.5 Å². The van der Waals surface area contributed by atoms with Crippen LogP contribution in [0.4, 0.5) is 0 Å². The monoisotopic (exact) mass is 407 g/mol. The van der Waals surface area contributed by atoms with Crippen molar-refractivity contribution >= 4 is 17.7 Å². The maximum Gasteiger partial charge on any atom is 0.354 e. The molecule has 0 aromatic carbocycles. The number of hydrogen-bond acceptors (Lipinski definition) is 6. The smallest absolute Gasteiger partial charge is 0.354 e. The van der Waals surface area contributed by atoms with Crippen LogP contribution in [0.1, 0.15) is 52.4 Å². The van der Waals surface area contributed by atoms with Gasteiger partial charge in [0.1, 0.15) is 5.69 Å². The average Bonchev–Trinajstić information content (AvgIpc) is 2.98. The van der Waals surface area contributed by atoms with Crippen LogP contribution in [-0.2, 0) is 14.3 Å². The molecule has 1 N–H and O–H groups in total. The first-order valence-electron chi connectivity index (χ1n) is 10.1. The van der Waals surface area contributed by atoms with E-state index in [0.29, 0.717) is 49.5 Å². The van der Waals surface area contributed by atoms with E-state index in [1.165, 1.54) is 7.11 Å². The van der Waals surface area contributed by atoms with E-state index in [2.05, 4.69) is 9.88 Å². The fourth-order valence-electron chi connectivity index (χ4n) is 3.58. The van der Waals surface area contributed by atoms with Crippen LogP contribution < -0.4 is 0 Å². The average molecular weight is 408 g/mol. The second-order valence-electron chi connectivity index (χ2n) is 7.91. The number of esters is 1. The van der Waals surface area contributed by atoms with Crippen LogP contribution in [0.2, 0.25) is 0 Å². The molecule has 0 unspecified atom stereocenters. The van der Waals surface area contributed by atoms with E-state index in [1.807, 2.05) is 13.8 Å². The van der Waals surface area contributed by atoms with E-state index in [-0.39, 0.29) is 29.8 Å². The van der Waals surface area contributed by atoms with Gasteiger partial charge in [-0.1, -0.05) is 13.8 Å². The normalized spacial score (nSPS) is 14.8. The Morgan fingerprint density at radius 3 is 2.45 bits per heavy atom. The molecule has 29 heavy (non-hydrogen) atoms. The standard InChI is InChI=1S/C21H33N3O5/c1-14(2)12-18(26)24(7-6-23-8-10-29-11-9-23)13-17(25)19-15(3)20(21(27)28-5)22-16(19)4/h14,22H,6-13H2,1-5H3. The molecule has 1 amide bonds. The molecular formula is C21H33N3O5. The molecule has 2 heterocycles. The second kappa shape index (κ2) is 10.5. The number of Topliss-reactive ketones (excluding diaryl/α,β-unsaturated/α-hetero) is 1. The number of ketones is 1. The quantitative estimate of drug-likeness (QED) is 0.496. The fourth-order valence-corrected chi connectivity index (χ4v) is 3.58. The number of rotatable bonds is 9. The highest BCUT2D eigenvalue weighted by Crippen LogP contribution is 2.20. The molecular weight excluding hydrogens is 374 g/mol. The number of nitrogens with zero attached hydrogens (tertiary/aromatic N) is 2. The minimum Gasteiger partial charge on any atom is -0.464 e. The highest BCUT2D eigenvalue weighted by atomic mass is 16.5. The Hall–Kier alpha value is -2.19. The lowest BCUT2D eigenvalue weighted by atomic mass is 10.0. The summed E-state index contributed by atoms with van der Waals surface area (Å²) in [5.41, 5.74) is 1.90. The SMILES string of the molecule is COC(=O)c1[nH]c(C)c(C(=O)CN(CCN2CCOCC2)C(=O)CC(C)C)c1C. The molecule has 8 heteroatoms. The lowest BCUT2D eigenvalue weighted by Crippen LogP contribution is -2.44. The molecule has 1 aromatic rings. The number of carbonyl (C=O) groups excluding carboxylic acids is 3. The highest BCUT2D eigenvalue weighted by Gasteiger charge is 2.26. The summed E-state index contributed by atoms with van der Waals surface area (Å²) in [6.45, 7) is 11.7. The van der Waals surface area contributed by atoms with Crippen LogP contribution in [0.5, 0.6) is 0 Å². The van der Waals surface area contributed by atoms with Crippen LogP contribution >= 0.6 is 0 Å². The van der Waals surface area contributed by atoms with Crippen molar-refractivity contribution < 1.29 is 23.9 Å². The fraction of sp³-hybridized carbons (Fsp3) is 0.667. The van der Waals surface area contributed by atoms with Crippen molar-refractivity contribution in [2.45, 2.75) is 34.1 Å². The molecule has 0 bridgehead atoms. The molecule has 1 aliphatic rings. The van der Waals surface area contributed by atoms with Gasteiger partial charge in [0.25, 0.3) is 0 Å². The maximum atomic E-state index is 13.1. The van der Waals surface area contributed by atoms with E-state index >= 15 is 0 Å². The van der Waals surface area contributed by atoms with Gasteiger partial charge in [-0.2, -0.15) is 0 Å². The van der Waals surface area contributed by atoms with Crippen LogP contribution in [-0.4, -0.2) is 85.5 Å². The number of aromatic amines is 1. The first-order chi connectivity index (χ1) is 13.7. The zero-order chi connectivity index (χ0) is 21.6. The van der Waals surface area contributed by atoms with Crippen molar-refractivity contribution in [1.29, 1.82) is 0 Å². The first kappa shape index (κ1) is 23.1. The topological polar surface area (TPSA) is 91.9 Å². The van der Waals surface area contributed by atoms with E-state index < -0.39 is 5.97 Å². The van der Waals surface area contributed by atoms with Crippen LogP contribution in [0.15, 0.2) is 0 Å². The van der Waals surface area contributed by atoms with E-state index in [0.717, 1.165) is 13.1 Å². The molecule has 0 atom stereocenters. The van der Waals surface area contributed by atoms with Gasteiger partial charge in [0.2, 0.25) is 5.91 Å². The first-order valence-corrected chi connectivity index (χ1v) is 10.1. The van der Waals surface area contributed by atoms with Crippen molar-refractivity contribution in [2.75, 3.05) is 53.0 Å². The molecule has 1 saturated heterocycles. The van der Waals surface area contributed by atoms with Gasteiger partial charge < -0.3 is 19.4 Å². The molecule has 0 aliphatic carbocycles. The Bertz CT molecular complexity index is 735. The van der Waals surface area contributed by atoms with Gasteiger partial charge in [-0.3, -0.25) is 14.5 Å². The number of morpholine rings is 1. The molecule has 0 saturated carbocycles. The van der Waals surface area contributed by atoms with Gasteiger partial charge in [0, 0.05) is 43.9 Å². The van der Waals surface area contributed by atoms with E-state index in [1.54, 1.807) is 18.7 Å². The summed E-state index contributed by atoms with van der Waals surface area (Å²) in [5.74, 6) is -0.499. The van der Waals surface area contributed by atoms with Gasteiger partial charge in [-0.15, -0.1) is 0 Å². The summed E-state index contributed by atoms with van der Waals surface area (Å²) >= 11 is 0. The molecule has 1 fully saturated rings. The molecule has 2 rings (SSSR count). The summed E-state index contributed by atoms with van der Waals surface area (Å²) in [5, 5.41) is 0. The number of ether oxygens (including phenoxy) is 2. The predicted molar refractivity (Wildman–Crippen MR) is 109 cm³/mol. The third kappa shape index (κ3) is 6.14. The highest BCUT2D eigenvalue weighted by molar-refractivity contribution is 6.04. The van der Waals surface area contributed by atoms with Crippen LogP contribution in [0.3, 0.4) is 0 Å². The lowest BCUT2D eigenvalue weighted by Gasteiger charge is -2.30. The number of aryl methyl sites for hydroxylation is 1. The molecule has 162 valence electrons. The number of hydrogen-bond donors (Lipinski definition) is 1. The number of nitrogens with one attached hydrogen (secondary N) is 1. The summed E-state index contributed by atoms with van der Waals surface area (Å²) in [4.78, 5) is 44.6. The number of aromatic nitrogens is 1. The van der Waals surface area contributed by atoms with Crippen LogP contribution in [0, 0.1) is 19.8 Å². The third-order valence-corrected chi connectivity index (χ3v) is 5.17. The predicted octanol–water partition coefficient (Wildman–Crippen LogP) is 1.81. The number of carbonyl (C=O) groups is 3. The van der Waals surface area contributed by atoms with Gasteiger partial charge in [-0.25, -0.2) is 4.79 Å². The Morgan fingerprint density at radius 1 is 1.21 bits per heavy atom. The van der Waals surface area contributed by atoms with Gasteiger partial charge in [0.15, 0.2) is 5.78 Å². The zero-order valence-electron chi connectivity index (χ0n) is 18.2. The Labute approximate surface area is 172 Å². The molecule has 8 nitrogen and oxygen atoms in total. The van der Waals surface area contributed by atoms with Gasteiger partial charge in [-0.05, 0) is 25.3 Å². The number of methoxy groups -OCH3 is 1.